The zero-order chi connectivity index (χ0) is 24.9. The highest BCUT2D eigenvalue weighted by atomic mass is 32.1. The standard InChI is InChI=1S/C20H13F5N4O3S2/c1-28-12-7-33-13(15(12)17(31)29(2)19(28)32)5-14(30)27-18-26-11(6-34-18)8-3-9(21)16(10(22)4-8)20(23,24)25/h3-4,6-7H,5H2,1-2H3,(H,26,27,30). The Labute approximate surface area is 194 Å². The van der Waals surface area contributed by atoms with Gasteiger partial charge in [0.15, 0.2) is 5.13 Å². The smallest absolute Gasteiger partial charge is 0.302 e. The minimum Gasteiger partial charge on any atom is -0.302 e. The molecule has 3 heterocycles. The van der Waals surface area contributed by atoms with E-state index in [-0.39, 0.29) is 28.2 Å². The van der Waals surface area contributed by atoms with Crippen molar-refractivity contribution in [2.24, 2.45) is 14.1 Å². The van der Waals surface area contributed by atoms with Crippen LogP contribution in [0, 0.1) is 11.6 Å². The number of hydrogen-bond acceptors (Lipinski definition) is 6. The van der Waals surface area contributed by atoms with Crippen molar-refractivity contribution in [2.75, 3.05) is 5.32 Å². The van der Waals surface area contributed by atoms with E-state index in [0.717, 1.165) is 27.2 Å². The number of thiophene rings is 1. The maximum absolute atomic E-state index is 13.9. The fourth-order valence-electron chi connectivity index (χ4n) is 3.34. The molecule has 1 N–H and O–H groups in total. The number of alkyl halides is 3. The Morgan fingerprint density at radius 2 is 1.71 bits per heavy atom. The fraction of sp³-hybridized carbons (Fsp3) is 0.200. The summed E-state index contributed by atoms with van der Waals surface area (Å²) in [5.41, 5.74) is -2.90. The van der Waals surface area contributed by atoms with Crippen LogP contribution in [0.4, 0.5) is 27.1 Å². The number of nitrogens with zero attached hydrogens (tertiary/aromatic N) is 3. The molecule has 0 aliphatic carbocycles. The molecular formula is C20H13F5N4O3S2. The van der Waals surface area contributed by atoms with E-state index < -0.39 is 40.5 Å². The van der Waals surface area contributed by atoms with Crippen molar-refractivity contribution in [2.45, 2.75) is 12.6 Å². The van der Waals surface area contributed by atoms with E-state index >= 15 is 0 Å². The molecule has 1 amide bonds. The molecule has 14 heteroatoms. The molecule has 0 bridgehead atoms. The molecule has 0 saturated carbocycles. The van der Waals surface area contributed by atoms with Crippen LogP contribution in [0.25, 0.3) is 22.2 Å². The SMILES string of the molecule is Cn1c(=O)c2c(CC(=O)Nc3nc(-c4cc(F)c(C(F)(F)F)c(F)c4)cs3)scc2n(C)c1=O. The van der Waals surface area contributed by atoms with Crippen molar-refractivity contribution < 1.29 is 26.7 Å². The van der Waals surface area contributed by atoms with E-state index in [2.05, 4.69) is 10.3 Å². The van der Waals surface area contributed by atoms with E-state index in [0.29, 0.717) is 22.5 Å². The molecular weight excluding hydrogens is 503 g/mol. The Morgan fingerprint density at radius 1 is 1.06 bits per heavy atom. The second-order valence-corrected chi connectivity index (χ2v) is 9.02. The molecule has 0 unspecified atom stereocenters. The Balaban J connectivity index is 1.57. The van der Waals surface area contributed by atoms with Gasteiger partial charge in [-0.25, -0.2) is 18.6 Å². The molecule has 3 aromatic heterocycles. The van der Waals surface area contributed by atoms with Gasteiger partial charge in [0.25, 0.3) is 5.56 Å². The van der Waals surface area contributed by atoms with Gasteiger partial charge in [-0.05, 0) is 12.1 Å². The number of hydrogen-bond donors (Lipinski definition) is 1. The van der Waals surface area contributed by atoms with Crippen LogP contribution in [0.2, 0.25) is 0 Å². The van der Waals surface area contributed by atoms with Crippen molar-refractivity contribution in [3.05, 3.63) is 65.8 Å². The highest BCUT2D eigenvalue weighted by Gasteiger charge is 2.38. The lowest BCUT2D eigenvalue weighted by atomic mass is 10.1. The number of anilines is 1. The van der Waals surface area contributed by atoms with Crippen LogP contribution >= 0.6 is 22.7 Å². The van der Waals surface area contributed by atoms with Gasteiger partial charge in [-0.1, -0.05) is 0 Å². The van der Waals surface area contributed by atoms with Crippen LogP contribution in [-0.2, 0) is 31.5 Å². The number of carbonyl (C=O) groups excluding carboxylic acids is 1. The second-order valence-electron chi connectivity index (χ2n) is 7.20. The summed E-state index contributed by atoms with van der Waals surface area (Å²) < 4.78 is 68.2. The highest BCUT2D eigenvalue weighted by Crippen LogP contribution is 2.36. The first-order chi connectivity index (χ1) is 15.9. The number of aryl methyl sites for hydroxylation is 1. The van der Waals surface area contributed by atoms with Crippen LogP contribution < -0.4 is 16.6 Å². The average Bonchev–Trinajstić information content (AvgIpc) is 3.36. The maximum Gasteiger partial charge on any atom is 0.422 e. The van der Waals surface area contributed by atoms with Crippen LogP contribution in [0.5, 0.6) is 0 Å². The summed E-state index contributed by atoms with van der Waals surface area (Å²) in [6.45, 7) is 0. The lowest BCUT2D eigenvalue weighted by molar-refractivity contribution is -0.142. The van der Waals surface area contributed by atoms with Gasteiger partial charge < -0.3 is 5.32 Å². The first-order valence-corrected chi connectivity index (χ1v) is 11.1. The molecule has 0 saturated heterocycles. The van der Waals surface area contributed by atoms with E-state index in [4.69, 9.17) is 0 Å². The third-order valence-corrected chi connectivity index (χ3v) is 6.73. The zero-order valence-corrected chi connectivity index (χ0v) is 18.9. The van der Waals surface area contributed by atoms with E-state index in [9.17, 15) is 36.3 Å². The average molecular weight is 516 g/mol. The Kier molecular flexibility index (Phi) is 5.89. The van der Waals surface area contributed by atoms with Gasteiger partial charge in [-0.3, -0.25) is 18.7 Å². The number of rotatable bonds is 4. The van der Waals surface area contributed by atoms with Crippen molar-refractivity contribution in [3.8, 4) is 11.3 Å². The number of nitrogens with one attached hydrogen (secondary N) is 1. The molecule has 0 aliphatic heterocycles. The summed E-state index contributed by atoms with van der Waals surface area (Å²) in [6.07, 6.45) is -5.40. The molecule has 178 valence electrons. The first-order valence-electron chi connectivity index (χ1n) is 9.36. The maximum atomic E-state index is 13.9. The monoisotopic (exact) mass is 516 g/mol. The van der Waals surface area contributed by atoms with Crippen LogP contribution in [0.15, 0.2) is 32.5 Å². The predicted octanol–water partition coefficient (Wildman–Crippen LogP) is 3.90. The number of aromatic nitrogens is 3. The highest BCUT2D eigenvalue weighted by molar-refractivity contribution is 7.14. The largest absolute Gasteiger partial charge is 0.422 e. The summed E-state index contributed by atoms with van der Waals surface area (Å²) in [4.78, 5) is 41.5. The number of halogens is 5. The Bertz CT molecular complexity index is 1540. The summed E-state index contributed by atoms with van der Waals surface area (Å²) in [5.74, 6) is -4.10. The van der Waals surface area contributed by atoms with Crippen molar-refractivity contribution >= 4 is 44.6 Å². The van der Waals surface area contributed by atoms with Crippen molar-refractivity contribution in [1.82, 2.24) is 14.1 Å². The molecule has 0 aliphatic rings. The van der Waals surface area contributed by atoms with Gasteiger partial charge in [0, 0.05) is 35.3 Å². The first kappa shape index (κ1) is 23.8. The normalized spacial score (nSPS) is 11.9. The fourth-order valence-corrected chi connectivity index (χ4v) is 5.13. The van der Waals surface area contributed by atoms with E-state index in [1.54, 1.807) is 5.38 Å². The number of carbonyl (C=O) groups is 1. The third kappa shape index (κ3) is 4.14. The molecule has 0 atom stereocenters. The Hall–Kier alpha value is -3.39. The van der Waals surface area contributed by atoms with E-state index in [1.165, 1.54) is 24.0 Å². The molecule has 0 radical (unpaired) electrons. The van der Waals surface area contributed by atoms with Crippen LogP contribution in [0.3, 0.4) is 0 Å². The quantitative estimate of drug-likeness (QED) is 0.417. The molecule has 7 nitrogen and oxygen atoms in total. The number of amides is 1. The topological polar surface area (TPSA) is 86.0 Å². The molecule has 34 heavy (non-hydrogen) atoms. The van der Waals surface area contributed by atoms with Gasteiger partial charge in [0.05, 0.1) is 23.0 Å². The third-order valence-electron chi connectivity index (χ3n) is 4.99. The van der Waals surface area contributed by atoms with Gasteiger partial charge in [0.2, 0.25) is 5.91 Å². The molecule has 0 spiro atoms. The second kappa shape index (κ2) is 8.43. The molecule has 4 aromatic rings. The van der Waals surface area contributed by atoms with Crippen LogP contribution in [-0.4, -0.2) is 20.0 Å². The molecule has 0 fully saturated rings. The lowest BCUT2D eigenvalue weighted by Gasteiger charge is -2.10. The number of benzene rings is 1. The molecule has 1 aromatic carbocycles. The number of thiazole rings is 1. The molecule has 4 rings (SSSR count). The lowest BCUT2D eigenvalue weighted by Crippen LogP contribution is -2.36. The van der Waals surface area contributed by atoms with Gasteiger partial charge in [-0.15, -0.1) is 22.7 Å². The zero-order valence-electron chi connectivity index (χ0n) is 17.3. The minimum atomic E-state index is -5.19. The van der Waals surface area contributed by atoms with Crippen LogP contribution in [0.1, 0.15) is 10.4 Å². The summed E-state index contributed by atoms with van der Waals surface area (Å²) in [7, 11) is 2.83. The van der Waals surface area contributed by atoms with E-state index in [1.807, 2.05) is 0 Å². The summed E-state index contributed by atoms with van der Waals surface area (Å²) in [5, 5.41) is 5.69. The van der Waals surface area contributed by atoms with Crippen molar-refractivity contribution in [1.29, 1.82) is 0 Å². The van der Waals surface area contributed by atoms with Gasteiger partial charge >= 0.3 is 11.9 Å². The van der Waals surface area contributed by atoms with Gasteiger partial charge in [0.1, 0.15) is 17.2 Å². The Morgan fingerprint density at radius 3 is 2.32 bits per heavy atom. The summed E-state index contributed by atoms with van der Waals surface area (Å²) in [6, 6.07) is 1.04. The predicted molar refractivity (Wildman–Crippen MR) is 117 cm³/mol. The van der Waals surface area contributed by atoms with Gasteiger partial charge in [-0.2, -0.15) is 13.2 Å². The number of fused-ring (bicyclic) bond motifs is 1. The van der Waals surface area contributed by atoms with Crippen molar-refractivity contribution in [3.63, 3.8) is 0 Å². The summed E-state index contributed by atoms with van der Waals surface area (Å²) >= 11 is 2.03. The minimum absolute atomic E-state index is 0.0303.